The maximum Gasteiger partial charge on any atom is 0.336 e. The number of esters is 1. The number of rotatable bonds is 2. The summed E-state index contributed by atoms with van der Waals surface area (Å²) in [6.07, 6.45) is -1.11. The lowest BCUT2D eigenvalue weighted by atomic mass is 9.89. The molecular weight excluding hydrogens is 198 g/mol. The van der Waals surface area contributed by atoms with Gasteiger partial charge in [0.1, 0.15) is 12.3 Å². The van der Waals surface area contributed by atoms with Gasteiger partial charge in [-0.3, -0.25) is 9.69 Å². The first-order valence-electron chi connectivity index (χ1n) is 5.10. The second kappa shape index (κ2) is 2.95. The summed E-state index contributed by atoms with van der Waals surface area (Å²) in [5, 5.41) is 9.90. The van der Waals surface area contributed by atoms with Gasteiger partial charge in [0, 0.05) is 0 Å². The Balaban J connectivity index is 2.30. The first-order chi connectivity index (χ1) is 6.89. The van der Waals surface area contributed by atoms with Crippen LogP contribution in [0, 0.1) is 5.92 Å². The van der Waals surface area contributed by atoms with Crippen molar-refractivity contribution in [2.75, 3.05) is 0 Å². The molecule has 2 heterocycles. The second-order valence-electron chi connectivity index (χ2n) is 4.67. The number of aliphatic hydroxyl groups excluding tert-OH is 1. The molecule has 2 rings (SSSR count). The van der Waals surface area contributed by atoms with Crippen LogP contribution < -0.4 is 0 Å². The van der Waals surface area contributed by atoms with Crippen molar-refractivity contribution in [3.63, 3.8) is 0 Å². The molecule has 0 aromatic heterocycles. The average Bonchev–Trinajstić information content (AvgIpc) is 2.35. The van der Waals surface area contributed by atoms with E-state index in [2.05, 4.69) is 0 Å². The number of ether oxygens (including phenoxy) is 1. The van der Waals surface area contributed by atoms with E-state index in [1.807, 2.05) is 0 Å². The molecule has 0 aromatic rings. The van der Waals surface area contributed by atoms with Gasteiger partial charge in [0.2, 0.25) is 5.91 Å². The number of hydrogen-bond acceptors (Lipinski definition) is 4. The summed E-state index contributed by atoms with van der Waals surface area (Å²) >= 11 is 0. The van der Waals surface area contributed by atoms with Crippen LogP contribution in [0.25, 0.3) is 0 Å². The van der Waals surface area contributed by atoms with E-state index in [0.29, 0.717) is 0 Å². The molecule has 0 saturated carbocycles. The number of carbonyl (C=O) groups is 2. The minimum Gasteiger partial charge on any atom is -0.457 e. The van der Waals surface area contributed by atoms with Gasteiger partial charge < -0.3 is 9.84 Å². The standard InChI is InChI=1S/C10H15NO4/c1-5(2)8(13)11-7(12)4-6-10(11,3)9(14)15-6/h5-6,8,13H,4H2,1-3H3/t6-,8+,10+/m0/s1. The summed E-state index contributed by atoms with van der Waals surface area (Å²) < 4.78 is 4.88. The zero-order chi connectivity index (χ0) is 11.4. The molecule has 2 aliphatic heterocycles. The Morgan fingerprint density at radius 1 is 1.53 bits per heavy atom. The molecule has 0 unspecified atom stereocenters. The van der Waals surface area contributed by atoms with Gasteiger partial charge in [0.05, 0.1) is 6.42 Å². The average molecular weight is 213 g/mol. The SMILES string of the molecule is CC(C)[C@@H](O)N1C(=O)C[C@@H]2OC(=O)[C@@]21C. The summed E-state index contributed by atoms with van der Waals surface area (Å²) in [5.41, 5.74) is -0.944. The fraction of sp³-hybridized carbons (Fsp3) is 0.800. The lowest BCUT2D eigenvalue weighted by Crippen LogP contribution is -2.67. The molecule has 15 heavy (non-hydrogen) atoms. The van der Waals surface area contributed by atoms with Crippen LogP contribution in [0.2, 0.25) is 0 Å². The van der Waals surface area contributed by atoms with Crippen molar-refractivity contribution in [2.24, 2.45) is 5.92 Å². The monoisotopic (exact) mass is 213 g/mol. The number of hydrogen-bond donors (Lipinski definition) is 1. The van der Waals surface area contributed by atoms with Crippen molar-refractivity contribution < 1.29 is 19.4 Å². The van der Waals surface area contributed by atoms with Crippen molar-refractivity contribution in [1.82, 2.24) is 4.90 Å². The number of amides is 1. The third-order valence-electron chi connectivity index (χ3n) is 3.28. The molecule has 0 radical (unpaired) electrons. The molecule has 5 heteroatoms. The van der Waals surface area contributed by atoms with Crippen molar-refractivity contribution in [3.05, 3.63) is 0 Å². The highest BCUT2D eigenvalue weighted by molar-refractivity contribution is 5.97. The maximum atomic E-state index is 11.7. The predicted molar refractivity (Wildman–Crippen MR) is 50.6 cm³/mol. The topological polar surface area (TPSA) is 66.8 Å². The van der Waals surface area contributed by atoms with Crippen molar-refractivity contribution in [2.45, 2.75) is 45.1 Å². The smallest absolute Gasteiger partial charge is 0.336 e. The van der Waals surface area contributed by atoms with E-state index in [1.54, 1.807) is 20.8 Å². The molecule has 5 nitrogen and oxygen atoms in total. The Labute approximate surface area is 88.0 Å². The molecule has 2 aliphatic rings. The van der Waals surface area contributed by atoms with Gasteiger partial charge in [-0.15, -0.1) is 0 Å². The third kappa shape index (κ3) is 1.13. The van der Waals surface area contributed by atoms with Crippen molar-refractivity contribution in [3.8, 4) is 0 Å². The minimum atomic E-state index is -0.944. The predicted octanol–water partition coefficient (Wildman–Crippen LogP) is -0.123. The normalized spacial score (nSPS) is 36.3. The summed E-state index contributed by atoms with van der Waals surface area (Å²) in [4.78, 5) is 24.3. The van der Waals surface area contributed by atoms with E-state index in [1.165, 1.54) is 4.90 Å². The van der Waals surface area contributed by atoms with Gasteiger partial charge in [-0.1, -0.05) is 13.8 Å². The van der Waals surface area contributed by atoms with Gasteiger partial charge in [0.25, 0.3) is 0 Å². The molecule has 0 bridgehead atoms. The highest BCUT2D eigenvalue weighted by Crippen LogP contribution is 2.43. The number of aliphatic hydroxyl groups is 1. The van der Waals surface area contributed by atoms with E-state index < -0.39 is 17.7 Å². The van der Waals surface area contributed by atoms with Gasteiger partial charge in [-0.2, -0.15) is 0 Å². The summed E-state index contributed by atoms with van der Waals surface area (Å²) in [6, 6.07) is 0. The molecule has 0 aliphatic carbocycles. The minimum absolute atomic E-state index is 0.0991. The highest BCUT2D eigenvalue weighted by atomic mass is 16.6. The molecule has 2 fully saturated rings. The van der Waals surface area contributed by atoms with Crippen LogP contribution >= 0.6 is 0 Å². The van der Waals surface area contributed by atoms with Gasteiger partial charge in [-0.25, -0.2) is 4.79 Å². The van der Waals surface area contributed by atoms with Crippen LogP contribution in [-0.4, -0.2) is 39.8 Å². The molecule has 84 valence electrons. The van der Waals surface area contributed by atoms with E-state index in [-0.39, 0.29) is 24.3 Å². The first-order valence-corrected chi connectivity index (χ1v) is 5.10. The van der Waals surface area contributed by atoms with Crippen molar-refractivity contribution in [1.29, 1.82) is 0 Å². The van der Waals surface area contributed by atoms with E-state index in [9.17, 15) is 14.7 Å². The molecule has 2 saturated heterocycles. The van der Waals surface area contributed by atoms with Crippen LogP contribution in [0.3, 0.4) is 0 Å². The highest BCUT2D eigenvalue weighted by Gasteiger charge is 2.66. The molecule has 3 atom stereocenters. The molecule has 0 aromatic carbocycles. The third-order valence-corrected chi connectivity index (χ3v) is 3.28. The first kappa shape index (κ1) is 10.4. The van der Waals surface area contributed by atoms with Crippen LogP contribution in [0.1, 0.15) is 27.2 Å². The molecule has 1 N–H and O–H groups in total. The second-order valence-corrected chi connectivity index (χ2v) is 4.67. The van der Waals surface area contributed by atoms with E-state index >= 15 is 0 Å². The maximum absolute atomic E-state index is 11.7. The van der Waals surface area contributed by atoms with Crippen LogP contribution in [-0.2, 0) is 14.3 Å². The van der Waals surface area contributed by atoms with E-state index in [4.69, 9.17) is 4.74 Å². The van der Waals surface area contributed by atoms with Crippen LogP contribution in [0.5, 0.6) is 0 Å². The van der Waals surface area contributed by atoms with Crippen LogP contribution in [0.4, 0.5) is 0 Å². The molecule has 0 spiro atoms. The number of fused-ring (bicyclic) bond motifs is 1. The van der Waals surface area contributed by atoms with Gasteiger partial charge in [0.15, 0.2) is 5.54 Å². The molecule has 1 amide bonds. The number of nitrogens with zero attached hydrogens (tertiary/aromatic N) is 1. The zero-order valence-corrected chi connectivity index (χ0v) is 9.06. The Morgan fingerprint density at radius 3 is 2.60 bits per heavy atom. The Morgan fingerprint density at radius 2 is 2.13 bits per heavy atom. The summed E-state index contributed by atoms with van der Waals surface area (Å²) in [6.45, 7) is 5.26. The fourth-order valence-electron chi connectivity index (χ4n) is 2.17. The summed E-state index contributed by atoms with van der Waals surface area (Å²) in [5.74, 6) is -0.731. The Bertz CT molecular complexity index is 327. The largest absolute Gasteiger partial charge is 0.457 e. The van der Waals surface area contributed by atoms with Gasteiger partial charge in [-0.05, 0) is 12.8 Å². The Kier molecular flexibility index (Phi) is 2.05. The Hall–Kier alpha value is -1.10. The number of likely N-dealkylation sites (tertiary alicyclic amines) is 1. The fourth-order valence-corrected chi connectivity index (χ4v) is 2.17. The summed E-state index contributed by atoms with van der Waals surface area (Å²) in [7, 11) is 0. The lowest BCUT2D eigenvalue weighted by Gasteiger charge is -2.46. The number of carbonyl (C=O) groups excluding carboxylic acids is 2. The van der Waals surface area contributed by atoms with Crippen LogP contribution in [0.15, 0.2) is 0 Å². The quantitative estimate of drug-likeness (QED) is 0.649. The van der Waals surface area contributed by atoms with Gasteiger partial charge >= 0.3 is 5.97 Å². The van der Waals surface area contributed by atoms with Crippen molar-refractivity contribution >= 4 is 11.9 Å². The zero-order valence-electron chi connectivity index (χ0n) is 9.06. The molecular formula is C10H15NO4. The lowest BCUT2D eigenvalue weighted by molar-refractivity contribution is -0.209. The van der Waals surface area contributed by atoms with E-state index in [0.717, 1.165) is 0 Å².